The highest BCUT2D eigenvalue weighted by molar-refractivity contribution is 7.80. The standard InChI is InChI=1S/C18H25N3S2/c1-15-7-4-8-16(13-15)19-18(22)21(11-6-10-20(2)3)14-17-9-5-12-23-17/h4-5,7-9,12-13H,6,10-11,14H2,1-3H3,(H,19,22). The topological polar surface area (TPSA) is 18.5 Å². The third-order valence-corrected chi connectivity index (χ3v) is 4.74. The van der Waals surface area contributed by atoms with E-state index in [1.807, 2.05) is 0 Å². The molecule has 0 unspecified atom stereocenters. The Morgan fingerprint density at radius 2 is 2.00 bits per heavy atom. The van der Waals surface area contributed by atoms with Gasteiger partial charge in [-0.3, -0.25) is 0 Å². The van der Waals surface area contributed by atoms with E-state index in [2.05, 4.69) is 77.9 Å². The van der Waals surface area contributed by atoms with Gasteiger partial charge in [-0.05, 0) is 75.3 Å². The van der Waals surface area contributed by atoms with E-state index in [0.717, 1.165) is 36.9 Å². The number of nitrogens with one attached hydrogen (secondary N) is 1. The summed E-state index contributed by atoms with van der Waals surface area (Å²) < 4.78 is 0. The molecule has 0 fully saturated rings. The van der Waals surface area contributed by atoms with Gasteiger partial charge < -0.3 is 15.1 Å². The van der Waals surface area contributed by atoms with E-state index in [0.29, 0.717) is 0 Å². The molecule has 5 heteroatoms. The third-order valence-electron chi connectivity index (χ3n) is 3.52. The minimum atomic E-state index is 0.794. The van der Waals surface area contributed by atoms with Gasteiger partial charge in [0.2, 0.25) is 0 Å². The normalized spacial score (nSPS) is 10.8. The number of aryl methyl sites for hydroxylation is 1. The Kier molecular flexibility index (Phi) is 7.02. The Hall–Kier alpha value is -1.43. The molecule has 1 N–H and O–H groups in total. The molecule has 0 saturated heterocycles. The first kappa shape index (κ1) is 17.9. The van der Waals surface area contributed by atoms with Gasteiger partial charge in [-0.25, -0.2) is 0 Å². The lowest BCUT2D eigenvalue weighted by atomic mass is 10.2. The molecule has 0 aliphatic carbocycles. The van der Waals surface area contributed by atoms with Crippen LogP contribution in [0.5, 0.6) is 0 Å². The van der Waals surface area contributed by atoms with E-state index < -0.39 is 0 Å². The molecule has 0 saturated carbocycles. The molecule has 1 aromatic heterocycles. The van der Waals surface area contributed by atoms with E-state index in [1.165, 1.54) is 10.4 Å². The summed E-state index contributed by atoms with van der Waals surface area (Å²) in [5.41, 5.74) is 2.29. The quantitative estimate of drug-likeness (QED) is 0.756. The van der Waals surface area contributed by atoms with Gasteiger partial charge >= 0.3 is 0 Å². The van der Waals surface area contributed by atoms with Gasteiger partial charge in [-0.2, -0.15) is 0 Å². The molecule has 0 aliphatic heterocycles. The Labute approximate surface area is 148 Å². The van der Waals surface area contributed by atoms with Gasteiger partial charge in [-0.15, -0.1) is 11.3 Å². The highest BCUT2D eigenvalue weighted by Crippen LogP contribution is 2.15. The van der Waals surface area contributed by atoms with Crippen molar-refractivity contribution in [2.45, 2.75) is 19.9 Å². The molecule has 2 aromatic rings. The van der Waals surface area contributed by atoms with Crippen LogP contribution in [0, 0.1) is 6.92 Å². The Morgan fingerprint density at radius 3 is 2.65 bits per heavy atom. The first-order chi connectivity index (χ1) is 11.0. The van der Waals surface area contributed by atoms with Crippen molar-refractivity contribution < 1.29 is 0 Å². The second-order valence-corrected chi connectivity index (χ2v) is 7.38. The van der Waals surface area contributed by atoms with Crippen molar-refractivity contribution in [1.29, 1.82) is 0 Å². The van der Waals surface area contributed by atoms with E-state index in [4.69, 9.17) is 12.2 Å². The van der Waals surface area contributed by atoms with E-state index in [1.54, 1.807) is 11.3 Å². The Balaban J connectivity index is 2.00. The molecule has 2 rings (SSSR count). The van der Waals surface area contributed by atoms with Gasteiger partial charge in [0.15, 0.2) is 5.11 Å². The summed E-state index contributed by atoms with van der Waals surface area (Å²) in [5.74, 6) is 0. The SMILES string of the molecule is Cc1cccc(NC(=S)N(CCCN(C)C)Cc2cccs2)c1. The molecule has 23 heavy (non-hydrogen) atoms. The zero-order valence-electron chi connectivity index (χ0n) is 14.1. The van der Waals surface area contributed by atoms with Crippen LogP contribution in [0.25, 0.3) is 0 Å². The molecular formula is C18H25N3S2. The number of thiocarbonyl (C=S) groups is 1. The van der Waals surface area contributed by atoms with Crippen molar-refractivity contribution in [2.75, 3.05) is 32.5 Å². The fourth-order valence-corrected chi connectivity index (χ4v) is 3.34. The summed E-state index contributed by atoms with van der Waals surface area (Å²) >= 11 is 7.44. The molecule has 0 aliphatic rings. The zero-order valence-corrected chi connectivity index (χ0v) is 15.7. The number of thiophene rings is 1. The van der Waals surface area contributed by atoms with Crippen LogP contribution in [-0.2, 0) is 6.54 Å². The summed E-state index contributed by atoms with van der Waals surface area (Å²) in [6.45, 7) is 4.97. The smallest absolute Gasteiger partial charge is 0.173 e. The highest BCUT2D eigenvalue weighted by Gasteiger charge is 2.11. The van der Waals surface area contributed by atoms with Crippen LogP contribution in [0.1, 0.15) is 16.9 Å². The van der Waals surface area contributed by atoms with E-state index in [9.17, 15) is 0 Å². The van der Waals surface area contributed by atoms with Gasteiger partial charge in [0.1, 0.15) is 0 Å². The molecule has 0 atom stereocenters. The summed E-state index contributed by atoms with van der Waals surface area (Å²) in [5, 5.41) is 6.29. The minimum Gasteiger partial charge on any atom is -0.344 e. The number of hydrogen-bond acceptors (Lipinski definition) is 3. The van der Waals surface area contributed by atoms with Crippen molar-refractivity contribution in [3.05, 3.63) is 52.2 Å². The number of hydrogen-bond donors (Lipinski definition) is 1. The summed E-state index contributed by atoms with van der Waals surface area (Å²) in [4.78, 5) is 5.80. The van der Waals surface area contributed by atoms with Crippen LogP contribution in [0.3, 0.4) is 0 Å². The lowest BCUT2D eigenvalue weighted by molar-refractivity contribution is 0.347. The largest absolute Gasteiger partial charge is 0.344 e. The molecule has 3 nitrogen and oxygen atoms in total. The van der Waals surface area contributed by atoms with Crippen LogP contribution in [0.2, 0.25) is 0 Å². The molecule has 0 radical (unpaired) electrons. The fourth-order valence-electron chi connectivity index (χ4n) is 2.35. The van der Waals surface area contributed by atoms with Gasteiger partial charge in [-0.1, -0.05) is 18.2 Å². The average Bonchev–Trinajstić information content (AvgIpc) is 2.99. The summed E-state index contributed by atoms with van der Waals surface area (Å²) in [6.07, 6.45) is 1.09. The lowest BCUT2D eigenvalue weighted by Gasteiger charge is -2.26. The predicted octanol–water partition coefficient (Wildman–Crippen LogP) is 4.21. The van der Waals surface area contributed by atoms with Crippen LogP contribution in [0.4, 0.5) is 5.69 Å². The van der Waals surface area contributed by atoms with Crippen LogP contribution in [-0.4, -0.2) is 42.1 Å². The molecule has 0 amide bonds. The van der Waals surface area contributed by atoms with Crippen LogP contribution in [0.15, 0.2) is 41.8 Å². The van der Waals surface area contributed by atoms with Crippen molar-refractivity contribution in [3.63, 3.8) is 0 Å². The lowest BCUT2D eigenvalue weighted by Crippen LogP contribution is -2.36. The van der Waals surface area contributed by atoms with Crippen molar-refractivity contribution in [2.24, 2.45) is 0 Å². The molecule has 0 bridgehead atoms. The number of rotatable bonds is 7. The van der Waals surface area contributed by atoms with E-state index in [-0.39, 0.29) is 0 Å². The van der Waals surface area contributed by atoms with Gasteiger partial charge in [0.05, 0.1) is 6.54 Å². The van der Waals surface area contributed by atoms with Gasteiger partial charge in [0.25, 0.3) is 0 Å². The van der Waals surface area contributed by atoms with Crippen molar-refractivity contribution >= 4 is 34.4 Å². The number of nitrogens with zero attached hydrogens (tertiary/aromatic N) is 2. The van der Waals surface area contributed by atoms with Crippen LogP contribution >= 0.6 is 23.6 Å². The fraction of sp³-hybridized carbons (Fsp3) is 0.389. The number of benzene rings is 1. The summed E-state index contributed by atoms with van der Waals surface area (Å²) in [6, 6.07) is 12.6. The summed E-state index contributed by atoms with van der Waals surface area (Å²) in [7, 11) is 4.21. The Morgan fingerprint density at radius 1 is 1.17 bits per heavy atom. The molecule has 1 heterocycles. The zero-order chi connectivity index (χ0) is 16.7. The number of anilines is 1. The molecule has 0 spiro atoms. The maximum atomic E-state index is 5.66. The van der Waals surface area contributed by atoms with Crippen LogP contribution < -0.4 is 5.32 Å². The predicted molar refractivity (Wildman–Crippen MR) is 105 cm³/mol. The highest BCUT2D eigenvalue weighted by atomic mass is 32.1. The van der Waals surface area contributed by atoms with Crippen molar-refractivity contribution in [3.8, 4) is 0 Å². The molecular weight excluding hydrogens is 322 g/mol. The molecule has 124 valence electrons. The first-order valence-electron chi connectivity index (χ1n) is 7.84. The molecule has 1 aromatic carbocycles. The van der Waals surface area contributed by atoms with Gasteiger partial charge in [0, 0.05) is 17.1 Å². The average molecular weight is 348 g/mol. The van der Waals surface area contributed by atoms with E-state index >= 15 is 0 Å². The monoisotopic (exact) mass is 347 g/mol. The Bertz CT molecular complexity index is 608. The maximum absolute atomic E-state index is 5.66. The second-order valence-electron chi connectivity index (χ2n) is 5.96. The third kappa shape index (κ3) is 6.29. The minimum absolute atomic E-state index is 0.794. The first-order valence-corrected chi connectivity index (χ1v) is 9.13. The second kappa shape index (κ2) is 9.01. The van der Waals surface area contributed by atoms with Crippen molar-refractivity contribution in [1.82, 2.24) is 9.80 Å². The maximum Gasteiger partial charge on any atom is 0.173 e.